The Morgan fingerprint density at radius 2 is 1.61 bits per heavy atom. The number of carbonyl (C=O) groups excluding carboxylic acids is 4. The van der Waals surface area contributed by atoms with Gasteiger partial charge in [0.05, 0.1) is 30.0 Å². The molecule has 4 atom stereocenters. The number of allylic oxidation sites excluding steroid dienone is 2. The van der Waals surface area contributed by atoms with Gasteiger partial charge in [-0.3, -0.25) is 24.1 Å². The van der Waals surface area contributed by atoms with Crippen LogP contribution < -0.4 is 19.3 Å². The maximum absolute atomic E-state index is 13.0. The highest BCUT2D eigenvalue weighted by molar-refractivity contribution is 6.22. The number of carbonyl (C=O) groups is 4. The first-order valence-corrected chi connectivity index (χ1v) is 12.3. The van der Waals surface area contributed by atoms with Crippen LogP contribution in [0.1, 0.15) is 26.7 Å². The smallest absolute Gasteiger partial charge is 0.316 e. The molecule has 2 aromatic rings. The van der Waals surface area contributed by atoms with Crippen molar-refractivity contribution in [2.75, 3.05) is 23.0 Å². The second-order valence-corrected chi connectivity index (χ2v) is 9.41. The summed E-state index contributed by atoms with van der Waals surface area (Å²) >= 11 is 0. The molecule has 2 saturated heterocycles. The number of anilines is 2. The SMILES string of the molecule is CCOc1ccc(N2C[C@@H](C(=O)Oc3ccc(N4C(=O)[C@@H]5[C@H](CC=C[C@@H]5C)C4=O)cc3)CC2=O)cc1. The Balaban J connectivity index is 1.22. The van der Waals surface area contributed by atoms with Gasteiger partial charge in [0.2, 0.25) is 17.7 Å². The van der Waals surface area contributed by atoms with Crippen LogP contribution in [0.2, 0.25) is 0 Å². The topological polar surface area (TPSA) is 93.2 Å². The number of nitrogens with zero attached hydrogens (tertiary/aromatic N) is 2. The molecule has 0 bridgehead atoms. The van der Waals surface area contributed by atoms with Crippen molar-refractivity contribution in [2.24, 2.45) is 23.7 Å². The summed E-state index contributed by atoms with van der Waals surface area (Å²) in [4.78, 5) is 54.0. The molecule has 8 nitrogen and oxygen atoms in total. The van der Waals surface area contributed by atoms with Gasteiger partial charge in [-0.1, -0.05) is 19.1 Å². The van der Waals surface area contributed by atoms with Gasteiger partial charge in [-0.25, -0.2) is 0 Å². The highest BCUT2D eigenvalue weighted by Gasteiger charge is 2.50. The van der Waals surface area contributed by atoms with E-state index < -0.39 is 11.9 Å². The van der Waals surface area contributed by atoms with Gasteiger partial charge in [-0.05, 0) is 67.8 Å². The number of rotatable bonds is 6. The third-order valence-corrected chi connectivity index (χ3v) is 7.10. The summed E-state index contributed by atoms with van der Waals surface area (Å²) in [5.74, 6) is -1.25. The van der Waals surface area contributed by atoms with E-state index in [1.54, 1.807) is 53.4 Å². The van der Waals surface area contributed by atoms with E-state index in [9.17, 15) is 19.2 Å². The van der Waals surface area contributed by atoms with Crippen LogP contribution in [0.5, 0.6) is 11.5 Å². The average Bonchev–Trinajstić information content (AvgIpc) is 3.38. The lowest BCUT2D eigenvalue weighted by Gasteiger charge is -2.22. The Hall–Kier alpha value is -3.94. The van der Waals surface area contributed by atoms with Gasteiger partial charge >= 0.3 is 5.97 Å². The largest absolute Gasteiger partial charge is 0.494 e. The second kappa shape index (κ2) is 9.60. The molecule has 1 aliphatic carbocycles. The molecular formula is C28H28N2O6. The van der Waals surface area contributed by atoms with Crippen molar-refractivity contribution in [3.63, 3.8) is 0 Å². The van der Waals surface area contributed by atoms with E-state index in [1.165, 1.54) is 4.90 Å². The van der Waals surface area contributed by atoms with E-state index in [2.05, 4.69) is 0 Å². The van der Waals surface area contributed by atoms with Gasteiger partial charge in [0.25, 0.3) is 0 Å². The van der Waals surface area contributed by atoms with Crippen molar-refractivity contribution in [3.8, 4) is 11.5 Å². The summed E-state index contributed by atoms with van der Waals surface area (Å²) in [6.07, 6.45) is 4.59. The van der Waals surface area contributed by atoms with E-state index in [0.29, 0.717) is 30.2 Å². The highest BCUT2D eigenvalue weighted by Crippen LogP contribution is 2.40. The van der Waals surface area contributed by atoms with Gasteiger partial charge in [0.1, 0.15) is 11.5 Å². The second-order valence-electron chi connectivity index (χ2n) is 9.41. The number of fused-ring (bicyclic) bond motifs is 1. The Morgan fingerprint density at radius 3 is 2.28 bits per heavy atom. The molecule has 0 radical (unpaired) electrons. The fourth-order valence-corrected chi connectivity index (χ4v) is 5.27. The third-order valence-electron chi connectivity index (χ3n) is 7.10. The standard InChI is InChI=1S/C28H28N2O6/c1-3-35-21-11-7-19(8-12-21)29-16-18(15-24(29)31)28(34)36-22-13-9-20(10-14-22)30-26(32)23-6-4-5-17(2)25(23)27(30)33/h4-5,7-14,17-18,23,25H,3,6,15-16H2,1-2H3/t17-,18-,23-,25-/m0/s1. The monoisotopic (exact) mass is 488 g/mol. The molecule has 2 aliphatic heterocycles. The number of esters is 1. The Bertz CT molecular complexity index is 1220. The molecule has 0 N–H and O–H groups in total. The first-order chi connectivity index (χ1) is 17.4. The van der Waals surface area contributed by atoms with Gasteiger partial charge < -0.3 is 14.4 Å². The molecule has 0 aromatic heterocycles. The van der Waals surface area contributed by atoms with Crippen LogP contribution in [-0.4, -0.2) is 36.8 Å². The zero-order valence-corrected chi connectivity index (χ0v) is 20.3. The molecule has 2 aromatic carbocycles. The first kappa shape index (κ1) is 23.8. The number of ether oxygens (including phenoxy) is 2. The van der Waals surface area contributed by atoms with E-state index in [0.717, 1.165) is 5.75 Å². The van der Waals surface area contributed by atoms with E-state index in [4.69, 9.17) is 9.47 Å². The predicted molar refractivity (Wildman–Crippen MR) is 133 cm³/mol. The summed E-state index contributed by atoms with van der Waals surface area (Å²) in [7, 11) is 0. The molecule has 36 heavy (non-hydrogen) atoms. The molecule has 0 spiro atoms. The zero-order chi connectivity index (χ0) is 25.4. The summed E-state index contributed by atoms with van der Waals surface area (Å²) in [6.45, 7) is 4.64. The van der Waals surface area contributed by atoms with Crippen molar-refractivity contribution >= 4 is 35.1 Å². The summed E-state index contributed by atoms with van der Waals surface area (Å²) in [6, 6.07) is 13.5. The number of hydrogen-bond donors (Lipinski definition) is 0. The summed E-state index contributed by atoms with van der Waals surface area (Å²) < 4.78 is 11.0. The van der Waals surface area contributed by atoms with Crippen LogP contribution in [0.3, 0.4) is 0 Å². The first-order valence-electron chi connectivity index (χ1n) is 12.3. The Kier molecular flexibility index (Phi) is 6.35. The number of imide groups is 1. The van der Waals surface area contributed by atoms with Crippen molar-refractivity contribution in [1.82, 2.24) is 0 Å². The van der Waals surface area contributed by atoms with E-state index >= 15 is 0 Å². The van der Waals surface area contributed by atoms with Crippen LogP contribution in [-0.2, 0) is 19.2 Å². The van der Waals surface area contributed by atoms with E-state index in [1.807, 2.05) is 26.0 Å². The molecule has 186 valence electrons. The predicted octanol–water partition coefficient (Wildman–Crippen LogP) is 3.75. The van der Waals surface area contributed by atoms with Crippen LogP contribution >= 0.6 is 0 Å². The van der Waals surface area contributed by atoms with Crippen LogP contribution in [0.4, 0.5) is 11.4 Å². The molecule has 0 saturated carbocycles. The third kappa shape index (κ3) is 4.27. The Morgan fingerprint density at radius 1 is 0.944 bits per heavy atom. The maximum atomic E-state index is 13.0. The lowest BCUT2D eigenvalue weighted by molar-refractivity contribution is -0.139. The van der Waals surface area contributed by atoms with Gasteiger partial charge in [0.15, 0.2) is 0 Å². The fourth-order valence-electron chi connectivity index (χ4n) is 5.27. The summed E-state index contributed by atoms with van der Waals surface area (Å²) in [5.41, 5.74) is 1.16. The number of benzene rings is 2. The number of hydrogen-bond acceptors (Lipinski definition) is 6. The molecule has 2 heterocycles. The minimum absolute atomic E-state index is 0.0155. The lowest BCUT2D eigenvalue weighted by Crippen LogP contribution is -2.31. The van der Waals surface area contributed by atoms with Crippen molar-refractivity contribution in [1.29, 1.82) is 0 Å². The van der Waals surface area contributed by atoms with E-state index in [-0.39, 0.29) is 48.4 Å². The van der Waals surface area contributed by atoms with Crippen molar-refractivity contribution in [3.05, 3.63) is 60.7 Å². The normalized spacial score (nSPS) is 25.3. The molecule has 8 heteroatoms. The number of amides is 3. The van der Waals surface area contributed by atoms with Crippen molar-refractivity contribution < 1.29 is 28.7 Å². The highest BCUT2D eigenvalue weighted by atomic mass is 16.5. The molecule has 3 aliphatic rings. The minimum Gasteiger partial charge on any atom is -0.494 e. The van der Waals surface area contributed by atoms with Crippen LogP contribution in [0.15, 0.2) is 60.7 Å². The molecular weight excluding hydrogens is 460 g/mol. The van der Waals surface area contributed by atoms with Gasteiger partial charge in [-0.15, -0.1) is 0 Å². The maximum Gasteiger partial charge on any atom is 0.316 e. The van der Waals surface area contributed by atoms with Crippen LogP contribution in [0, 0.1) is 23.7 Å². The van der Waals surface area contributed by atoms with Gasteiger partial charge in [0, 0.05) is 18.7 Å². The minimum atomic E-state index is -0.595. The zero-order valence-electron chi connectivity index (χ0n) is 20.3. The van der Waals surface area contributed by atoms with Gasteiger partial charge in [-0.2, -0.15) is 0 Å². The van der Waals surface area contributed by atoms with Crippen LogP contribution in [0.25, 0.3) is 0 Å². The lowest BCUT2D eigenvalue weighted by atomic mass is 9.78. The average molecular weight is 489 g/mol. The molecule has 0 unspecified atom stereocenters. The molecule has 5 rings (SSSR count). The summed E-state index contributed by atoms with van der Waals surface area (Å²) in [5, 5.41) is 0. The molecule has 3 amide bonds. The molecule has 2 fully saturated rings. The fraction of sp³-hybridized carbons (Fsp3) is 0.357. The Labute approximate surface area is 209 Å². The van der Waals surface area contributed by atoms with Crippen molar-refractivity contribution in [2.45, 2.75) is 26.7 Å². The quantitative estimate of drug-likeness (QED) is 0.266.